The third-order valence-electron chi connectivity index (χ3n) is 5.04. The predicted octanol–water partition coefficient (Wildman–Crippen LogP) is 3.12. The van der Waals surface area contributed by atoms with E-state index in [1.54, 1.807) is 36.5 Å². The number of amides is 1. The number of aryl methyl sites for hydroxylation is 1. The van der Waals surface area contributed by atoms with Crippen molar-refractivity contribution in [2.45, 2.75) is 33.4 Å². The van der Waals surface area contributed by atoms with Crippen molar-refractivity contribution < 1.29 is 9.53 Å². The molecule has 3 aromatic rings. The van der Waals surface area contributed by atoms with E-state index < -0.39 is 5.91 Å². The first-order chi connectivity index (χ1) is 14.9. The van der Waals surface area contributed by atoms with Crippen molar-refractivity contribution in [3.05, 3.63) is 70.9 Å². The van der Waals surface area contributed by atoms with E-state index in [1.807, 2.05) is 44.2 Å². The van der Waals surface area contributed by atoms with Crippen LogP contribution in [0.3, 0.4) is 0 Å². The van der Waals surface area contributed by atoms with E-state index in [0.29, 0.717) is 12.4 Å². The zero-order valence-corrected chi connectivity index (χ0v) is 18.2. The first-order valence-electron chi connectivity index (χ1n) is 9.97. The largest absolute Gasteiger partial charge is 0.383 e. The summed E-state index contributed by atoms with van der Waals surface area (Å²) in [6.07, 6.45) is 6.77. The van der Waals surface area contributed by atoms with Crippen LogP contribution in [0.1, 0.15) is 35.5 Å². The summed E-state index contributed by atoms with van der Waals surface area (Å²) >= 11 is 0. The van der Waals surface area contributed by atoms with Gasteiger partial charge in [0.05, 0.1) is 12.6 Å². The number of nitrogens with zero attached hydrogens (tertiary/aromatic N) is 5. The fourth-order valence-electron chi connectivity index (χ4n) is 3.62. The van der Waals surface area contributed by atoms with Crippen molar-refractivity contribution in [1.29, 1.82) is 5.26 Å². The van der Waals surface area contributed by atoms with Crippen LogP contribution in [0.15, 0.2) is 48.4 Å². The van der Waals surface area contributed by atoms with E-state index in [9.17, 15) is 10.1 Å². The Morgan fingerprint density at radius 2 is 2.16 bits per heavy atom. The third kappa shape index (κ3) is 5.08. The lowest BCUT2D eigenvalue weighted by molar-refractivity contribution is -0.117. The monoisotopic (exact) mass is 418 g/mol. The summed E-state index contributed by atoms with van der Waals surface area (Å²) in [5.41, 5.74) is 3.80. The predicted molar refractivity (Wildman–Crippen MR) is 117 cm³/mol. The highest BCUT2D eigenvalue weighted by Gasteiger charge is 2.16. The van der Waals surface area contributed by atoms with Crippen molar-refractivity contribution in [2.24, 2.45) is 0 Å². The number of aromatic nitrogens is 4. The number of hydrogen-bond acceptors (Lipinski definition) is 5. The molecule has 8 heteroatoms. The molecule has 0 fully saturated rings. The molecule has 1 unspecified atom stereocenters. The minimum atomic E-state index is -0.422. The van der Waals surface area contributed by atoms with E-state index in [4.69, 9.17) is 4.74 Å². The Bertz CT molecular complexity index is 1120. The number of ether oxygens (including phenoxy) is 1. The second-order valence-electron chi connectivity index (χ2n) is 7.33. The van der Waals surface area contributed by atoms with E-state index in [-0.39, 0.29) is 18.2 Å². The van der Waals surface area contributed by atoms with Crippen molar-refractivity contribution in [3.63, 3.8) is 0 Å². The van der Waals surface area contributed by atoms with Crippen LogP contribution in [0.2, 0.25) is 0 Å². The fourth-order valence-corrected chi connectivity index (χ4v) is 3.62. The van der Waals surface area contributed by atoms with E-state index in [1.165, 1.54) is 0 Å². The number of carbonyl (C=O) groups is 1. The van der Waals surface area contributed by atoms with Gasteiger partial charge in [0.2, 0.25) is 0 Å². The van der Waals surface area contributed by atoms with Gasteiger partial charge in [-0.3, -0.25) is 4.79 Å². The van der Waals surface area contributed by atoms with Crippen molar-refractivity contribution in [3.8, 4) is 11.9 Å². The number of nitriles is 1. The molecular weight excluding hydrogens is 392 g/mol. The normalized spacial score (nSPS) is 12.4. The van der Waals surface area contributed by atoms with Gasteiger partial charge < -0.3 is 14.6 Å². The molecule has 0 saturated heterocycles. The lowest BCUT2D eigenvalue weighted by Gasteiger charge is -2.17. The van der Waals surface area contributed by atoms with Crippen LogP contribution in [0.5, 0.6) is 0 Å². The number of hydrogen-bond donors (Lipinski definition) is 1. The maximum absolute atomic E-state index is 12.6. The van der Waals surface area contributed by atoms with Crippen LogP contribution in [0, 0.1) is 25.2 Å². The van der Waals surface area contributed by atoms with Gasteiger partial charge in [-0.05, 0) is 62.2 Å². The van der Waals surface area contributed by atoms with Crippen LogP contribution in [-0.2, 0) is 16.1 Å². The van der Waals surface area contributed by atoms with Gasteiger partial charge in [-0.2, -0.15) is 10.4 Å². The SMILES string of the molecule is COCC(C)n1c(C)cc(/C=C(/C#N)C(=O)NCc2ccnc(-n3cccn3)c2)c1C. The average molecular weight is 419 g/mol. The zero-order chi connectivity index (χ0) is 22.4. The van der Waals surface area contributed by atoms with Crippen LogP contribution < -0.4 is 5.32 Å². The van der Waals surface area contributed by atoms with Gasteiger partial charge in [-0.25, -0.2) is 9.67 Å². The Morgan fingerprint density at radius 3 is 2.84 bits per heavy atom. The summed E-state index contributed by atoms with van der Waals surface area (Å²) in [5.74, 6) is 0.236. The van der Waals surface area contributed by atoms with Gasteiger partial charge in [-0.15, -0.1) is 0 Å². The summed E-state index contributed by atoms with van der Waals surface area (Å²) in [6, 6.07) is 9.62. The molecule has 31 heavy (non-hydrogen) atoms. The van der Waals surface area contributed by atoms with E-state index in [2.05, 4.69) is 26.9 Å². The highest BCUT2D eigenvalue weighted by atomic mass is 16.5. The van der Waals surface area contributed by atoms with Crippen molar-refractivity contribution in [1.82, 2.24) is 24.6 Å². The zero-order valence-electron chi connectivity index (χ0n) is 18.2. The van der Waals surface area contributed by atoms with Crippen LogP contribution in [-0.4, -0.2) is 39.0 Å². The summed E-state index contributed by atoms with van der Waals surface area (Å²) in [4.78, 5) is 16.9. The summed E-state index contributed by atoms with van der Waals surface area (Å²) in [7, 11) is 1.67. The molecular formula is C23H26N6O2. The lowest BCUT2D eigenvalue weighted by atomic mass is 10.1. The second-order valence-corrected chi connectivity index (χ2v) is 7.33. The fraction of sp³-hybridized carbons (Fsp3) is 0.304. The first kappa shape index (κ1) is 22.0. The quantitative estimate of drug-likeness (QED) is 0.448. The summed E-state index contributed by atoms with van der Waals surface area (Å²) in [5, 5.41) is 16.5. The number of carbonyl (C=O) groups excluding carboxylic acids is 1. The third-order valence-corrected chi connectivity index (χ3v) is 5.04. The van der Waals surface area contributed by atoms with Crippen LogP contribution in [0.25, 0.3) is 11.9 Å². The number of nitrogens with one attached hydrogen (secondary N) is 1. The highest BCUT2D eigenvalue weighted by Crippen LogP contribution is 2.23. The van der Waals surface area contributed by atoms with Crippen molar-refractivity contribution in [2.75, 3.05) is 13.7 Å². The molecule has 0 aromatic carbocycles. The molecule has 3 rings (SSSR count). The topological polar surface area (TPSA) is 97.8 Å². The van der Waals surface area contributed by atoms with Crippen LogP contribution in [0.4, 0.5) is 0 Å². The van der Waals surface area contributed by atoms with Crippen LogP contribution >= 0.6 is 0 Å². The second kappa shape index (κ2) is 9.87. The summed E-state index contributed by atoms with van der Waals surface area (Å²) in [6.45, 7) is 6.91. The van der Waals surface area contributed by atoms with Gasteiger partial charge in [-0.1, -0.05) is 0 Å². The Morgan fingerprint density at radius 1 is 1.35 bits per heavy atom. The lowest BCUT2D eigenvalue weighted by Crippen LogP contribution is -2.24. The summed E-state index contributed by atoms with van der Waals surface area (Å²) < 4.78 is 9.06. The molecule has 1 amide bonds. The average Bonchev–Trinajstić information content (AvgIpc) is 3.39. The molecule has 0 radical (unpaired) electrons. The Balaban J connectivity index is 1.74. The Labute approximate surface area is 181 Å². The van der Waals surface area contributed by atoms with Gasteiger partial charge in [0.25, 0.3) is 5.91 Å². The molecule has 3 heterocycles. The molecule has 3 aromatic heterocycles. The standard InChI is InChI=1S/C23H26N6O2/c1-16-10-20(18(3)29(16)17(2)15-31-4)12-21(13-24)23(30)26-14-19-6-8-25-22(11-19)28-9-5-7-27-28/h5-12,17H,14-15H2,1-4H3,(H,26,30)/b21-12-. The minimum absolute atomic E-state index is 0.0565. The number of pyridine rings is 1. The Hall–Kier alpha value is -3.70. The number of methoxy groups -OCH3 is 1. The van der Waals surface area contributed by atoms with Crippen molar-refractivity contribution >= 4 is 12.0 Å². The van der Waals surface area contributed by atoms with Gasteiger partial charge in [0, 0.05) is 43.6 Å². The Kier molecular flexibility index (Phi) is 7.00. The molecule has 1 atom stereocenters. The van der Waals surface area contributed by atoms with E-state index >= 15 is 0 Å². The van der Waals surface area contributed by atoms with Gasteiger partial charge in [0.1, 0.15) is 11.6 Å². The van der Waals surface area contributed by atoms with Gasteiger partial charge >= 0.3 is 0 Å². The smallest absolute Gasteiger partial charge is 0.262 e. The molecule has 0 bridgehead atoms. The molecule has 0 aliphatic heterocycles. The maximum atomic E-state index is 12.6. The number of rotatable bonds is 8. The molecule has 0 aliphatic rings. The van der Waals surface area contributed by atoms with Gasteiger partial charge in [0.15, 0.2) is 5.82 Å². The van der Waals surface area contributed by atoms with E-state index in [0.717, 1.165) is 22.5 Å². The first-order valence-corrected chi connectivity index (χ1v) is 9.97. The minimum Gasteiger partial charge on any atom is -0.383 e. The highest BCUT2D eigenvalue weighted by molar-refractivity contribution is 6.01. The molecule has 1 N–H and O–H groups in total. The molecule has 0 spiro atoms. The molecule has 0 saturated carbocycles. The molecule has 160 valence electrons. The maximum Gasteiger partial charge on any atom is 0.262 e. The molecule has 8 nitrogen and oxygen atoms in total. The molecule has 0 aliphatic carbocycles.